The summed E-state index contributed by atoms with van der Waals surface area (Å²) in [7, 11) is 3.99. The average molecular weight is 361 g/mol. The summed E-state index contributed by atoms with van der Waals surface area (Å²) >= 11 is 0. The van der Waals surface area contributed by atoms with Crippen molar-refractivity contribution in [1.29, 1.82) is 0 Å². The summed E-state index contributed by atoms with van der Waals surface area (Å²) in [5, 5.41) is 13.4. The van der Waals surface area contributed by atoms with Gasteiger partial charge in [-0.2, -0.15) is 4.52 Å². The fourth-order valence-electron chi connectivity index (χ4n) is 3.09. The zero-order valence-corrected chi connectivity index (χ0v) is 15.7. The second-order valence-electron chi connectivity index (χ2n) is 7.07. The highest BCUT2D eigenvalue weighted by Crippen LogP contribution is 2.40. The second-order valence-corrected chi connectivity index (χ2v) is 7.07. The van der Waals surface area contributed by atoms with Gasteiger partial charge in [-0.05, 0) is 38.9 Å². The van der Waals surface area contributed by atoms with E-state index in [-0.39, 0.29) is 0 Å². The lowest BCUT2D eigenvalue weighted by Gasteiger charge is -2.26. The number of nitrogens with zero attached hydrogens (tertiary/aromatic N) is 5. The molecule has 0 N–H and O–H groups in total. The first-order chi connectivity index (χ1) is 13.2. The molecule has 0 spiro atoms. The molecule has 0 amide bonds. The molecule has 0 saturated heterocycles. The monoisotopic (exact) mass is 361 g/mol. The Morgan fingerprint density at radius 1 is 1.15 bits per heavy atom. The predicted molar refractivity (Wildman–Crippen MR) is 105 cm³/mol. The lowest BCUT2D eigenvalue weighted by atomic mass is 9.80. The van der Waals surface area contributed by atoms with Gasteiger partial charge in [0.15, 0.2) is 18.1 Å². The molecule has 6 nitrogen and oxygen atoms in total. The van der Waals surface area contributed by atoms with Gasteiger partial charge in [-0.25, -0.2) is 0 Å². The predicted octanol–water partition coefficient (Wildman–Crippen LogP) is 3.00. The molecular weight excluding hydrogens is 338 g/mol. The maximum absolute atomic E-state index is 5.96. The first-order valence-corrected chi connectivity index (χ1v) is 9.27. The summed E-state index contributed by atoms with van der Waals surface area (Å²) in [6.45, 7) is 1.05. The molecule has 0 aliphatic heterocycles. The van der Waals surface area contributed by atoms with Crippen LogP contribution in [-0.4, -0.2) is 52.0 Å². The molecule has 6 heteroatoms. The van der Waals surface area contributed by atoms with Gasteiger partial charge < -0.3 is 4.74 Å². The molecule has 1 aromatic carbocycles. The fraction of sp³-hybridized carbons (Fsp3) is 0.381. The van der Waals surface area contributed by atoms with Gasteiger partial charge in [-0.3, -0.25) is 4.90 Å². The van der Waals surface area contributed by atoms with E-state index in [0.717, 1.165) is 23.3 Å². The third-order valence-corrected chi connectivity index (χ3v) is 4.77. The first-order valence-electron chi connectivity index (χ1n) is 9.27. The van der Waals surface area contributed by atoms with Crippen LogP contribution in [0.4, 0.5) is 0 Å². The Hall–Kier alpha value is -2.91. The maximum atomic E-state index is 5.96. The Morgan fingerprint density at radius 3 is 2.67 bits per heavy atom. The molecule has 0 unspecified atom stereocenters. The summed E-state index contributed by atoms with van der Waals surface area (Å²) in [6.07, 6.45) is 3.58. The van der Waals surface area contributed by atoms with E-state index in [1.165, 1.54) is 19.3 Å². The van der Waals surface area contributed by atoms with Gasteiger partial charge in [0.1, 0.15) is 0 Å². The van der Waals surface area contributed by atoms with Gasteiger partial charge in [0.05, 0.1) is 6.54 Å². The number of rotatable bonds is 5. The summed E-state index contributed by atoms with van der Waals surface area (Å²) in [6, 6.07) is 12.0. The topological polar surface area (TPSA) is 55.5 Å². The Kier molecular flexibility index (Phi) is 5.03. The van der Waals surface area contributed by atoms with Crippen molar-refractivity contribution in [3.8, 4) is 29.1 Å². The minimum Gasteiger partial charge on any atom is -0.463 e. The van der Waals surface area contributed by atoms with Gasteiger partial charge in [0, 0.05) is 11.1 Å². The summed E-state index contributed by atoms with van der Waals surface area (Å²) in [5.74, 6) is 8.00. The molecule has 4 rings (SSSR count). The Balaban J connectivity index is 1.67. The maximum Gasteiger partial charge on any atom is 0.236 e. The smallest absolute Gasteiger partial charge is 0.236 e. The molecule has 1 saturated carbocycles. The lowest BCUT2D eigenvalue weighted by molar-refractivity contribution is 0.327. The van der Waals surface area contributed by atoms with E-state index >= 15 is 0 Å². The summed E-state index contributed by atoms with van der Waals surface area (Å²) < 4.78 is 7.73. The first kappa shape index (κ1) is 17.5. The standard InChI is InChI=1S/C21H23N5O/c1-25(2)13-6-7-14-27-21-18(16-11-8-12-16)15-19-22-23-20(26(19)24-21)17-9-4-3-5-10-17/h3-5,9-10,15-16H,8,11-14H2,1-2H3. The molecule has 2 heterocycles. The molecule has 1 aliphatic carbocycles. The minimum absolute atomic E-state index is 0.328. The van der Waals surface area contributed by atoms with Crippen LogP contribution in [0.25, 0.3) is 17.0 Å². The SMILES string of the molecule is CN(C)CC#CCOc1nn2c(-c3ccccc3)nnc2cc1C1CCC1. The average Bonchev–Trinajstić information content (AvgIpc) is 3.03. The normalized spacial score (nSPS) is 14.0. The van der Waals surface area contributed by atoms with Crippen LogP contribution in [0.2, 0.25) is 0 Å². The van der Waals surface area contributed by atoms with Crippen molar-refractivity contribution in [2.24, 2.45) is 0 Å². The van der Waals surface area contributed by atoms with Crippen LogP contribution in [0.1, 0.15) is 30.7 Å². The molecule has 3 aromatic rings. The van der Waals surface area contributed by atoms with E-state index in [1.54, 1.807) is 4.52 Å². The molecule has 27 heavy (non-hydrogen) atoms. The molecular formula is C21H23N5O. The van der Waals surface area contributed by atoms with Crippen molar-refractivity contribution in [2.45, 2.75) is 25.2 Å². The van der Waals surface area contributed by atoms with Crippen molar-refractivity contribution >= 4 is 5.65 Å². The van der Waals surface area contributed by atoms with Crippen LogP contribution in [0.15, 0.2) is 36.4 Å². The van der Waals surface area contributed by atoms with Gasteiger partial charge in [-0.1, -0.05) is 48.6 Å². The lowest BCUT2D eigenvalue weighted by Crippen LogP contribution is -2.14. The molecule has 1 aliphatic rings. The van der Waals surface area contributed by atoms with Crippen LogP contribution in [0.5, 0.6) is 5.88 Å². The quantitative estimate of drug-likeness (QED) is 0.654. The van der Waals surface area contributed by atoms with E-state index in [0.29, 0.717) is 24.2 Å². The number of hydrogen-bond acceptors (Lipinski definition) is 5. The fourth-order valence-corrected chi connectivity index (χ4v) is 3.09. The highest BCUT2D eigenvalue weighted by atomic mass is 16.5. The van der Waals surface area contributed by atoms with Crippen LogP contribution in [0.3, 0.4) is 0 Å². The van der Waals surface area contributed by atoms with Crippen molar-refractivity contribution in [1.82, 2.24) is 24.7 Å². The highest BCUT2D eigenvalue weighted by Gasteiger charge is 2.26. The summed E-state index contributed by atoms with van der Waals surface area (Å²) in [5.41, 5.74) is 2.85. The minimum atomic E-state index is 0.328. The molecule has 0 radical (unpaired) electrons. The molecule has 138 valence electrons. The van der Waals surface area contributed by atoms with Crippen LogP contribution >= 0.6 is 0 Å². The second kappa shape index (κ2) is 7.77. The number of fused-ring (bicyclic) bond motifs is 1. The highest BCUT2D eigenvalue weighted by molar-refractivity contribution is 5.59. The van der Waals surface area contributed by atoms with Crippen molar-refractivity contribution in [3.05, 3.63) is 42.0 Å². The van der Waals surface area contributed by atoms with Crippen LogP contribution in [-0.2, 0) is 0 Å². The molecule has 0 bridgehead atoms. The van der Waals surface area contributed by atoms with Crippen LogP contribution < -0.4 is 4.74 Å². The van der Waals surface area contributed by atoms with Gasteiger partial charge >= 0.3 is 0 Å². The number of hydrogen-bond donors (Lipinski definition) is 0. The zero-order chi connectivity index (χ0) is 18.6. The van der Waals surface area contributed by atoms with Gasteiger partial charge in [0.25, 0.3) is 0 Å². The Labute approximate surface area is 159 Å². The Bertz CT molecular complexity index is 980. The van der Waals surface area contributed by atoms with Crippen molar-refractivity contribution in [2.75, 3.05) is 27.2 Å². The number of benzene rings is 1. The Morgan fingerprint density at radius 2 is 1.96 bits per heavy atom. The third kappa shape index (κ3) is 3.79. The molecule has 0 atom stereocenters. The van der Waals surface area contributed by atoms with Crippen molar-refractivity contribution in [3.63, 3.8) is 0 Å². The van der Waals surface area contributed by atoms with E-state index in [2.05, 4.69) is 28.1 Å². The van der Waals surface area contributed by atoms with Crippen LogP contribution in [0, 0.1) is 11.8 Å². The van der Waals surface area contributed by atoms with E-state index < -0.39 is 0 Å². The zero-order valence-electron chi connectivity index (χ0n) is 15.7. The van der Waals surface area contributed by atoms with E-state index in [4.69, 9.17) is 9.84 Å². The molecule has 1 fully saturated rings. The largest absolute Gasteiger partial charge is 0.463 e. The molecule has 2 aromatic heterocycles. The van der Waals surface area contributed by atoms with E-state index in [9.17, 15) is 0 Å². The van der Waals surface area contributed by atoms with Gasteiger partial charge in [0.2, 0.25) is 5.88 Å². The third-order valence-electron chi connectivity index (χ3n) is 4.77. The van der Waals surface area contributed by atoms with E-state index in [1.807, 2.05) is 49.3 Å². The summed E-state index contributed by atoms with van der Waals surface area (Å²) in [4.78, 5) is 2.03. The van der Waals surface area contributed by atoms with Crippen molar-refractivity contribution < 1.29 is 4.74 Å². The van der Waals surface area contributed by atoms with Gasteiger partial charge in [-0.15, -0.1) is 15.3 Å². The number of ether oxygens (including phenoxy) is 1. The number of aromatic nitrogens is 4.